The molecule has 1 rings (SSSR count). The Kier molecular flexibility index (Phi) is 2.17. The third-order valence-electron chi connectivity index (χ3n) is 2.11. The lowest BCUT2D eigenvalue weighted by molar-refractivity contribution is 0.0235. The van der Waals surface area contributed by atoms with Gasteiger partial charge in [-0.15, -0.1) is 0 Å². The van der Waals surface area contributed by atoms with E-state index < -0.39 is 6.09 Å². The highest BCUT2D eigenvalue weighted by Gasteiger charge is 2.32. The van der Waals surface area contributed by atoms with Crippen LogP contribution in [-0.2, 0) is 4.74 Å². The molecule has 0 heterocycles. The zero-order chi connectivity index (χ0) is 8.32. The summed E-state index contributed by atoms with van der Waals surface area (Å²) in [7, 11) is 0. The Morgan fingerprint density at radius 3 is 2.55 bits per heavy atom. The van der Waals surface area contributed by atoms with Crippen molar-refractivity contribution in [2.24, 2.45) is 5.73 Å². The smallest absolute Gasteiger partial charge is 0.405 e. The van der Waals surface area contributed by atoms with Crippen molar-refractivity contribution in [3.8, 4) is 0 Å². The molecule has 3 nitrogen and oxygen atoms in total. The van der Waals surface area contributed by atoms with Crippen LogP contribution >= 0.6 is 0 Å². The van der Waals surface area contributed by atoms with Crippen LogP contribution in [0, 0.1) is 0 Å². The number of carbonyl (C=O) groups excluding carboxylic acids is 1. The van der Waals surface area contributed by atoms with E-state index in [2.05, 4.69) is 0 Å². The van der Waals surface area contributed by atoms with Crippen LogP contribution in [0.25, 0.3) is 0 Å². The fourth-order valence-electron chi connectivity index (χ4n) is 1.34. The molecule has 0 unspecified atom stereocenters. The number of amides is 1. The first-order chi connectivity index (χ1) is 5.18. The maximum absolute atomic E-state index is 10.5. The molecular weight excluding hydrogens is 142 g/mol. The molecule has 0 bridgehead atoms. The van der Waals surface area contributed by atoms with Gasteiger partial charge < -0.3 is 10.5 Å². The van der Waals surface area contributed by atoms with Gasteiger partial charge in [0.1, 0.15) is 5.60 Å². The lowest BCUT2D eigenvalue weighted by Gasteiger charge is -2.26. The minimum absolute atomic E-state index is 0.328. The Morgan fingerprint density at radius 1 is 1.64 bits per heavy atom. The molecule has 3 heteroatoms. The van der Waals surface area contributed by atoms with Crippen molar-refractivity contribution in [3.63, 3.8) is 0 Å². The Labute approximate surface area is 66.2 Å². The normalized spacial score (nSPS) is 20.1. The molecule has 0 aromatic carbocycles. The van der Waals surface area contributed by atoms with Gasteiger partial charge in [0.05, 0.1) is 0 Å². The molecule has 0 fully saturated rings. The predicted molar refractivity (Wildman–Crippen MR) is 42.1 cm³/mol. The van der Waals surface area contributed by atoms with Crippen LogP contribution < -0.4 is 5.73 Å². The maximum Gasteiger partial charge on any atom is 0.405 e. The minimum atomic E-state index is -0.671. The molecule has 1 aliphatic rings. The van der Waals surface area contributed by atoms with Crippen molar-refractivity contribution in [2.45, 2.75) is 31.8 Å². The number of rotatable bonds is 2. The number of hydrogen-bond donors (Lipinski definition) is 1. The zero-order valence-electron chi connectivity index (χ0n) is 6.67. The molecule has 0 aromatic heterocycles. The van der Waals surface area contributed by atoms with Crippen LogP contribution in [0.2, 0.25) is 0 Å². The average molecular weight is 155 g/mol. The number of primary amides is 1. The van der Waals surface area contributed by atoms with Crippen molar-refractivity contribution >= 4 is 6.09 Å². The summed E-state index contributed by atoms with van der Waals surface area (Å²) in [5.74, 6) is 0. The molecule has 0 aliphatic heterocycles. The van der Waals surface area contributed by atoms with Crippen LogP contribution in [0.4, 0.5) is 4.79 Å². The summed E-state index contributed by atoms with van der Waals surface area (Å²) in [6.45, 7) is 2.00. The lowest BCUT2D eigenvalue weighted by atomic mass is 9.98. The first kappa shape index (κ1) is 8.11. The highest BCUT2D eigenvalue weighted by atomic mass is 16.6. The molecule has 0 spiro atoms. The van der Waals surface area contributed by atoms with Gasteiger partial charge in [0.15, 0.2) is 0 Å². The van der Waals surface area contributed by atoms with Gasteiger partial charge in [-0.05, 0) is 6.42 Å². The van der Waals surface area contributed by atoms with E-state index in [9.17, 15) is 4.79 Å². The van der Waals surface area contributed by atoms with Crippen molar-refractivity contribution in [3.05, 3.63) is 12.2 Å². The molecule has 0 saturated carbocycles. The molecule has 1 amide bonds. The summed E-state index contributed by atoms with van der Waals surface area (Å²) in [5.41, 5.74) is 4.62. The standard InChI is InChI=1S/C8H13NO2/c1-2-8(11-7(9)10)5-3-4-6-8/h3-4H,2,5-6H2,1H3,(H2,9,10). The molecule has 1 aliphatic carbocycles. The molecule has 62 valence electrons. The van der Waals surface area contributed by atoms with Gasteiger partial charge in [-0.3, -0.25) is 0 Å². The fraction of sp³-hybridized carbons (Fsp3) is 0.625. The second-order valence-electron chi connectivity index (χ2n) is 2.84. The minimum Gasteiger partial charge on any atom is -0.442 e. The molecule has 11 heavy (non-hydrogen) atoms. The maximum atomic E-state index is 10.5. The first-order valence-corrected chi connectivity index (χ1v) is 3.82. The molecule has 0 saturated heterocycles. The van der Waals surface area contributed by atoms with Gasteiger partial charge in [-0.2, -0.15) is 0 Å². The summed E-state index contributed by atoms with van der Waals surface area (Å²) >= 11 is 0. The molecule has 2 N–H and O–H groups in total. The van der Waals surface area contributed by atoms with E-state index in [-0.39, 0.29) is 5.60 Å². The van der Waals surface area contributed by atoms with Crippen LogP contribution in [0.5, 0.6) is 0 Å². The van der Waals surface area contributed by atoms with Crippen LogP contribution in [0.1, 0.15) is 26.2 Å². The van der Waals surface area contributed by atoms with Gasteiger partial charge >= 0.3 is 6.09 Å². The van der Waals surface area contributed by atoms with Crippen molar-refractivity contribution in [1.82, 2.24) is 0 Å². The SMILES string of the molecule is CCC1(OC(N)=O)CC=CC1. The van der Waals surface area contributed by atoms with E-state index in [1.807, 2.05) is 19.1 Å². The topological polar surface area (TPSA) is 52.3 Å². The highest BCUT2D eigenvalue weighted by molar-refractivity contribution is 5.65. The van der Waals surface area contributed by atoms with Crippen LogP contribution in [-0.4, -0.2) is 11.7 Å². The van der Waals surface area contributed by atoms with Crippen molar-refractivity contribution < 1.29 is 9.53 Å². The van der Waals surface area contributed by atoms with Crippen molar-refractivity contribution in [1.29, 1.82) is 0 Å². The Balaban J connectivity index is 2.54. The highest BCUT2D eigenvalue weighted by Crippen LogP contribution is 2.30. The van der Waals surface area contributed by atoms with Crippen LogP contribution in [0.3, 0.4) is 0 Å². The summed E-state index contributed by atoms with van der Waals surface area (Å²) in [5, 5.41) is 0. The van der Waals surface area contributed by atoms with E-state index in [0.29, 0.717) is 0 Å². The van der Waals surface area contributed by atoms with Crippen LogP contribution in [0.15, 0.2) is 12.2 Å². The lowest BCUT2D eigenvalue weighted by Crippen LogP contribution is -2.33. The molecule has 0 aromatic rings. The van der Waals surface area contributed by atoms with E-state index in [4.69, 9.17) is 10.5 Å². The van der Waals surface area contributed by atoms with E-state index in [1.54, 1.807) is 0 Å². The van der Waals surface area contributed by atoms with Gasteiger partial charge in [0.25, 0.3) is 0 Å². The molecular formula is C8H13NO2. The Hall–Kier alpha value is -0.990. The number of carbonyl (C=O) groups is 1. The summed E-state index contributed by atoms with van der Waals surface area (Å²) in [6, 6.07) is 0. The monoisotopic (exact) mass is 155 g/mol. The third-order valence-corrected chi connectivity index (χ3v) is 2.11. The van der Waals surface area contributed by atoms with E-state index in [1.165, 1.54) is 0 Å². The molecule has 0 atom stereocenters. The number of ether oxygens (including phenoxy) is 1. The summed E-state index contributed by atoms with van der Waals surface area (Å²) < 4.78 is 5.02. The first-order valence-electron chi connectivity index (χ1n) is 3.82. The van der Waals surface area contributed by atoms with Gasteiger partial charge in [0, 0.05) is 12.8 Å². The Bertz CT molecular complexity index is 179. The average Bonchev–Trinajstić information content (AvgIpc) is 2.36. The van der Waals surface area contributed by atoms with E-state index >= 15 is 0 Å². The number of hydrogen-bond acceptors (Lipinski definition) is 2. The fourth-order valence-corrected chi connectivity index (χ4v) is 1.34. The summed E-state index contributed by atoms with van der Waals surface area (Å²) in [6.07, 6.45) is 5.79. The van der Waals surface area contributed by atoms with Crippen molar-refractivity contribution in [2.75, 3.05) is 0 Å². The third kappa shape index (κ3) is 1.73. The predicted octanol–water partition coefficient (Wildman–Crippen LogP) is 1.58. The van der Waals surface area contributed by atoms with Gasteiger partial charge in [-0.25, -0.2) is 4.79 Å². The zero-order valence-corrected chi connectivity index (χ0v) is 6.67. The quantitative estimate of drug-likeness (QED) is 0.615. The Morgan fingerprint density at radius 2 is 2.18 bits per heavy atom. The number of nitrogens with two attached hydrogens (primary N) is 1. The van der Waals surface area contributed by atoms with Gasteiger partial charge in [0.2, 0.25) is 0 Å². The van der Waals surface area contributed by atoms with E-state index in [0.717, 1.165) is 19.3 Å². The summed E-state index contributed by atoms with van der Waals surface area (Å²) in [4.78, 5) is 10.5. The second kappa shape index (κ2) is 2.95. The molecule has 0 radical (unpaired) electrons. The van der Waals surface area contributed by atoms with Gasteiger partial charge in [-0.1, -0.05) is 19.1 Å². The largest absolute Gasteiger partial charge is 0.442 e. The second-order valence-corrected chi connectivity index (χ2v) is 2.84.